The minimum Gasteiger partial charge on any atom is -0.494 e. The molecule has 0 unspecified atom stereocenters. The van der Waals surface area contributed by atoms with Gasteiger partial charge in [-0.15, -0.1) is 10.2 Å². The number of nitrogens with zero attached hydrogens (tertiary/aromatic N) is 6. The van der Waals surface area contributed by atoms with Crippen molar-refractivity contribution in [2.75, 3.05) is 38.9 Å². The molecule has 0 saturated carbocycles. The number of hydrogen-bond donors (Lipinski definition) is 2. The van der Waals surface area contributed by atoms with E-state index in [0.717, 1.165) is 17.1 Å². The van der Waals surface area contributed by atoms with Crippen LogP contribution in [0.5, 0.6) is 17.4 Å². The minimum absolute atomic E-state index is 0.473. The van der Waals surface area contributed by atoms with Gasteiger partial charge in [-0.2, -0.15) is 0 Å². The normalized spacial score (nSPS) is 10.3. The maximum atomic E-state index is 5.64. The van der Waals surface area contributed by atoms with Crippen LogP contribution in [0.2, 0.25) is 0 Å². The first-order chi connectivity index (χ1) is 17.6. The van der Waals surface area contributed by atoms with Gasteiger partial charge in [0.25, 0.3) is 0 Å². The van der Waals surface area contributed by atoms with Crippen molar-refractivity contribution in [1.82, 2.24) is 29.7 Å². The highest BCUT2D eigenvalue weighted by atomic mass is 32.2. The summed E-state index contributed by atoms with van der Waals surface area (Å²) in [5.41, 5.74) is 6.78. The molecule has 0 bridgehead atoms. The lowest BCUT2D eigenvalue weighted by molar-refractivity contribution is 0.391. The molecule has 36 heavy (non-hydrogen) atoms. The van der Waals surface area contributed by atoms with Crippen LogP contribution in [-0.4, -0.2) is 63.8 Å². The summed E-state index contributed by atoms with van der Waals surface area (Å²) in [5.74, 6) is 4.19. The number of aromatic nitrogens is 6. The zero-order chi connectivity index (χ0) is 25.9. The van der Waals surface area contributed by atoms with Crippen molar-refractivity contribution in [3.63, 3.8) is 0 Å². The maximum absolute atomic E-state index is 5.64. The first-order valence-electron chi connectivity index (χ1n) is 11.1. The molecule has 0 radical (unpaired) electrons. The molecule has 3 aromatic heterocycles. The molecule has 4 rings (SSSR count). The van der Waals surface area contributed by atoms with Crippen LogP contribution >= 0.6 is 11.9 Å². The number of nitrogens with two attached hydrogens (primary N) is 1. The Morgan fingerprint density at radius 1 is 0.917 bits per heavy atom. The Morgan fingerprint density at radius 2 is 1.58 bits per heavy atom. The highest BCUT2D eigenvalue weighted by Crippen LogP contribution is 2.37. The van der Waals surface area contributed by atoms with E-state index in [2.05, 4.69) is 35.6 Å². The summed E-state index contributed by atoms with van der Waals surface area (Å²) in [6, 6.07) is 11.0. The van der Waals surface area contributed by atoms with Gasteiger partial charge in [0.15, 0.2) is 5.82 Å². The van der Waals surface area contributed by atoms with E-state index in [1.54, 1.807) is 27.4 Å². The summed E-state index contributed by atoms with van der Waals surface area (Å²) in [7, 11) is 6.28. The molecule has 12 heteroatoms. The standard InChI is InChI=1S/C23H25N7O3S.CH5N/c1-15-13-24-19(25-14-15)11-12-34-29-23-28-27-22(16-7-5-10-20(26-16)33-4)30(23)21-17(31-2)8-6-9-18(21)32-3;1-2/h5-10,13-14H,11-12H2,1-4H3,(H,28,29);2H2,1H3. The molecular formula is C24H30N8O3S. The summed E-state index contributed by atoms with van der Waals surface area (Å²) in [5, 5.41) is 8.81. The van der Waals surface area contributed by atoms with Gasteiger partial charge in [-0.25, -0.2) is 15.0 Å². The number of hydrogen-bond acceptors (Lipinski definition) is 11. The van der Waals surface area contributed by atoms with Crippen LogP contribution in [0.4, 0.5) is 5.95 Å². The second-order valence-electron chi connectivity index (χ2n) is 7.14. The predicted molar refractivity (Wildman–Crippen MR) is 141 cm³/mol. The average molecular weight is 511 g/mol. The van der Waals surface area contributed by atoms with Gasteiger partial charge in [-0.3, -0.25) is 9.29 Å². The number of aryl methyl sites for hydroxylation is 2. The Kier molecular flexibility index (Phi) is 9.83. The zero-order valence-electron chi connectivity index (χ0n) is 20.9. The summed E-state index contributed by atoms with van der Waals surface area (Å²) in [6.45, 7) is 1.97. The SMILES string of the molecule is CN.COc1cccc(-c2nnc(NSCCc3ncc(C)cn3)n2-c2c(OC)cccc2OC)n1. The number of para-hydroxylation sites is 1. The van der Waals surface area contributed by atoms with Gasteiger partial charge in [0.2, 0.25) is 11.8 Å². The molecule has 0 saturated heterocycles. The monoisotopic (exact) mass is 510 g/mol. The maximum Gasteiger partial charge on any atom is 0.239 e. The zero-order valence-corrected chi connectivity index (χ0v) is 21.7. The van der Waals surface area contributed by atoms with Crippen LogP contribution in [0, 0.1) is 6.92 Å². The molecule has 0 amide bonds. The third-order valence-corrected chi connectivity index (χ3v) is 5.61. The Bertz CT molecular complexity index is 1230. The summed E-state index contributed by atoms with van der Waals surface area (Å²) in [4.78, 5) is 13.2. The first kappa shape index (κ1) is 26.7. The largest absolute Gasteiger partial charge is 0.494 e. The fourth-order valence-electron chi connectivity index (χ4n) is 3.24. The van der Waals surface area contributed by atoms with Crippen LogP contribution in [0.3, 0.4) is 0 Å². The van der Waals surface area contributed by atoms with Crippen molar-refractivity contribution >= 4 is 17.9 Å². The highest BCUT2D eigenvalue weighted by Gasteiger charge is 2.23. The molecular weight excluding hydrogens is 480 g/mol. The van der Waals surface area contributed by atoms with Crippen molar-refractivity contribution in [2.24, 2.45) is 5.73 Å². The predicted octanol–water partition coefficient (Wildman–Crippen LogP) is 3.33. The molecule has 1 aromatic carbocycles. The van der Waals surface area contributed by atoms with Crippen molar-refractivity contribution < 1.29 is 14.2 Å². The number of methoxy groups -OCH3 is 3. The topological polar surface area (TPSA) is 135 Å². The fourth-order valence-corrected chi connectivity index (χ4v) is 3.89. The quantitative estimate of drug-likeness (QED) is 0.240. The lowest BCUT2D eigenvalue weighted by Gasteiger charge is -2.17. The smallest absolute Gasteiger partial charge is 0.239 e. The minimum atomic E-state index is 0.473. The lowest BCUT2D eigenvalue weighted by atomic mass is 10.2. The van der Waals surface area contributed by atoms with Crippen LogP contribution in [0.15, 0.2) is 48.8 Å². The van der Waals surface area contributed by atoms with Crippen molar-refractivity contribution in [2.45, 2.75) is 13.3 Å². The number of pyridine rings is 1. The van der Waals surface area contributed by atoms with E-state index in [1.165, 1.54) is 19.0 Å². The molecule has 0 aliphatic rings. The van der Waals surface area contributed by atoms with Gasteiger partial charge in [0.05, 0.1) is 21.3 Å². The Morgan fingerprint density at radius 3 is 2.22 bits per heavy atom. The van der Waals surface area contributed by atoms with Crippen LogP contribution < -0.4 is 24.7 Å². The fraction of sp³-hybridized carbons (Fsp3) is 0.292. The number of rotatable bonds is 10. The Hall–Kier alpha value is -3.90. The van der Waals surface area contributed by atoms with E-state index in [-0.39, 0.29) is 0 Å². The van der Waals surface area contributed by atoms with Gasteiger partial charge in [0, 0.05) is 30.6 Å². The van der Waals surface area contributed by atoms with Gasteiger partial charge in [-0.1, -0.05) is 12.1 Å². The van der Waals surface area contributed by atoms with E-state index in [4.69, 9.17) is 14.2 Å². The molecule has 11 nitrogen and oxygen atoms in total. The third-order valence-electron chi connectivity index (χ3n) is 4.88. The van der Waals surface area contributed by atoms with Crippen molar-refractivity contribution in [3.05, 3.63) is 60.2 Å². The van der Waals surface area contributed by atoms with E-state index < -0.39 is 0 Å². The molecule has 190 valence electrons. The highest BCUT2D eigenvalue weighted by molar-refractivity contribution is 8.00. The first-order valence-corrected chi connectivity index (χ1v) is 12.0. The molecule has 3 heterocycles. The number of anilines is 1. The molecule has 3 N–H and O–H groups in total. The molecule has 0 spiro atoms. The lowest BCUT2D eigenvalue weighted by Crippen LogP contribution is -2.08. The Labute approximate surface area is 214 Å². The van der Waals surface area contributed by atoms with E-state index in [9.17, 15) is 0 Å². The van der Waals surface area contributed by atoms with Crippen LogP contribution in [-0.2, 0) is 6.42 Å². The summed E-state index contributed by atoms with van der Waals surface area (Å²) >= 11 is 1.48. The number of ether oxygens (including phenoxy) is 3. The van der Waals surface area contributed by atoms with Crippen molar-refractivity contribution in [3.8, 4) is 34.6 Å². The van der Waals surface area contributed by atoms with Crippen LogP contribution in [0.1, 0.15) is 11.4 Å². The summed E-state index contributed by atoms with van der Waals surface area (Å²) < 4.78 is 21.7. The molecule has 4 aromatic rings. The second-order valence-corrected chi connectivity index (χ2v) is 8.04. The number of benzene rings is 1. The van der Waals surface area contributed by atoms with Crippen LogP contribution in [0.25, 0.3) is 17.2 Å². The second kappa shape index (κ2) is 13.3. The van der Waals surface area contributed by atoms with Gasteiger partial charge in [-0.05, 0) is 49.7 Å². The molecule has 0 fully saturated rings. The van der Waals surface area contributed by atoms with Gasteiger partial charge < -0.3 is 19.9 Å². The number of nitrogens with one attached hydrogen (secondary N) is 1. The van der Waals surface area contributed by atoms with E-state index in [0.29, 0.717) is 47.0 Å². The van der Waals surface area contributed by atoms with Crippen molar-refractivity contribution in [1.29, 1.82) is 0 Å². The van der Waals surface area contributed by atoms with E-state index >= 15 is 0 Å². The third kappa shape index (κ3) is 6.20. The molecule has 0 aliphatic carbocycles. The average Bonchev–Trinajstić information content (AvgIpc) is 3.36. The van der Waals surface area contributed by atoms with E-state index in [1.807, 2.05) is 54.2 Å². The summed E-state index contributed by atoms with van der Waals surface area (Å²) in [6.07, 6.45) is 4.34. The Balaban J connectivity index is 0.00000176. The molecule has 0 aliphatic heterocycles. The van der Waals surface area contributed by atoms with Gasteiger partial charge in [0.1, 0.15) is 28.7 Å². The van der Waals surface area contributed by atoms with Gasteiger partial charge >= 0.3 is 0 Å². The molecule has 0 atom stereocenters.